The van der Waals surface area contributed by atoms with E-state index < -0.39 is 11.8 Å². The van der Waals surface area contributed by atoms with Gasteiger partial charge in [-0.1, -0.05) is 18.2 Å². The van der Waals surface area contributed by atoms with E-state index in [0.717, 1.165) is 41.8 Å². The molecule has 3 aromatic heterocycles. The van der Waals surface area contributed by atoms with Gasteiger partial charge in [-0.3, -0.25) is 19.0 Å². The molecular weight excluding hydrogens is 428 g/mol. The van der Waals surface area contributed by atoms with Crippen LogP contribution >= 0.6 is 11.3 Å². The minimum Gasteiger partial charge on any atom is -0.365 e. The lowest BCUT2D eigenvalue weighted by Gasteiger charge is -2.11. The zero-order valence-electron chi connectivity index (χ0n) is 17.1. The summed E-state index contributed by atoms with van der Waals surface area (Å²) < 4.78 is 2.81. The van der Waals surface area contributed by atoms with Gasteiger partial charge >= 0.3 is 0 Å². The van der Waals surface area contributed by atoms with E-state index in [-0.39, 0.29) is 12.1 Å². The Morgan fingerprint density at radius 1 is 1.16 bits per heavy atom. The summed E-state index contributed by atoms with van der Waals surface area (Å²) in [5, 5.41) is 7.81. The highest BCUT2D eigenvalue weighted by Gasteiger charge is 2.25. The number of carbonyl (C=O) groups excluding carboxylic acids is 2. The fraction of sp³-hybridized carbons (Fsp3) is 0.227. The van der Waals surface area contributed by atoms with Gasteiger partial charge in [0.15, 0.2) is 5.65 Å². The van der Waals surface area contributed by atoms with Gasteiger partial charge < -0.3 is 11.1 Å². The summed E-state index contributed by atoms with van der Waals surface area (Å²) in [6.07, 6.45) is 6.49. The number of para-hydroxylation sites is 1. The Bertz CT molecular complexity index is 1400. The highest BCUT2D eigenvalue weighted by Crippen LogP contribution is 2.37. The fourth-order valence-corrected chi connectivity index (χ4v) is 5.37. The van der Waals surface area contributed by atoms with Crippen LogP contribution in [0.15, 0.2) is 47.7 Å². The highest BCUT2D eigenvalue weighted by molar-refractivity contribution is 7.17. The summed E-state index contributed by atoms with van der Waals surface area (Å²) in [5.74, 6) is -0.974. The first-order valence-corrected chi connectivity index (χ1v) is 11.1. The van der Waals surface area contributed by atoms with Gasteiger partial charge in [0.25, 0.3) is 11.5 Å². The van der Waals surface area contributed by atoms with Crippen molar-refractivity contribution in [1.82, 2.24) is 19.3 Å². The van der Waals surface area contributed by atoms with E-state index in [1.165, 1.54) is 28.4 Å². The summed E-state index contributed by atoms with van der Waals surface area (Å²) >= 11 is 1.39. The second-order valence-corrected chi connectivity index (χ2v) is 8.74. The number of amides is 2. The van der Waals surface area contributed by atoms with Gasteiger partial charge in [-0.2, -0.15) is 5.10 Å². The van der Waals surface area contributed by atoms with Crippen LogP contribution in [0.3, 0.4) is 0 Å². The lowest BCUT2D eigenvalue weighted by molar-refractivity contribution is -0.116. The molecule has 3 heterocycles. The molecule has 162 valence electrons. The van der Waals surface area contributed by atoms with E-state index in [9.17, 15) is 14.4 Å². The normalized spacial score (nSPS) is 13.1. The number of fused-ring (bicyclic) bond motifs is 2. The molecule has 0 saturated carbocycles. The number of aromatic nitrogens is 4. The van der Waals surface area contributed by atoms with Crippen LogP contribution < -0.4 is 16.6 Å². The smallest absolute Gasteiger partial charge is 0.264 e. The van der Waals surface area contributed by atoms with E-state index in [2.05, 4.69) is 15.4 Å². The second kappa shape index (κ2) is 8.04. The number of carbonyl (C=O) groups is 2. The average molecular weight is 449 g/mol. The van der Waals surface area contributed by atoms with E-state index >= 15 is 0 Å². The number of nitrogens with two attached hydrogens (primary N) is 1. The Morgan fingerprint density at radius 2 is 1.94 bits per heavy atom. The molecule has 32 heavy (non-hydrogen) atoms. The van der Waals surface area contributed by atoms with E-state index in [0.29, 0.717) is 21.6 Å². The molecule has 0 aliphatic heterocycles. The topological polar surface area (TPSA) is 125 Å². The minimum atomic E-state index is -0.548. The number of anilines is 1. The van der Waals surface area contributed by atoms with E-state index in [1.807, 2.05) is 30.3 Å². The van der Waals surface area contributed by atoms with Gasteiger partial charge in [0.2, 0.25) is 5.91 Å². The number of thiophene rings is 1. The van der Waals surface area contributed by atoms with Crippen molar-refractivity contribution >= 4 is 39.2 Å². The first-order valence-electron chi connectivity index (χ1n) is 10.3. The molecule has 9 nitrogen and oxygen atoms in total. The Hall–Kier alpha value is -3.79. The van der Waals surface area contributed by atoms with Crippen molar-refractivity contribution < 1.29 is 9.59 Å². The predicted octanol–water partition coefficient (Wildman–Crippen LogP) is 2.26. The van der Waals surface area contributed by atoms with Crippen molar-refractivity contribution in [2.45, 2.75) is 32.2 Å². The third-order valence-electron chi connectivity index (χ3n) is 5.54. The van der Waals surface area contributed by atoms with Crippen LogP contribution in [0.1, 0.15) is 33.6 Å². The molecule has 0 unspecified atom stereocenters. The van der Waals surface area contributed by atoms with Crippen molar-refractivity contribution in [2.24, 2.45) is 5.73 Å². The number of rotatable bonds is 5. The van der Waals surface area contributed by atoms with Crippen LogP contribution in [0, 0.1) is 0 Å². The Labute approximate surface area is 186 Å². The standard InChI is InChI=1S/C22H20N6O3S/c23-19(30)18-14-8-4-5-9-16(14)32-21(18)26-17(29)11-27-12-24-20-15(22(27)31)10-25-28(20)13-6-2-1-3-7-13/h1-3,6-7,10,12H,4-5,8-9,11H2,(H2,23,30)(H,26,29). The molecule has 10 heteroatoms. The van der Waals surface area contributed by atoms with Crippen molar-refractivity contribution in [2.75, 3.05) is 5.32 Å². The minimum absolute atomic E-state index is 0.237. The molecule has 1 aliphatic rings. The average Bonchev–Trinajstić information content (AvgIpc) is 3.38. The fourth-order valence-electron chi connectivity index (χ4n) is 4.05. The van der Waals surface area contributed by atoms with Gasteiger partial charge in [0.1, 0.15) is 23.3 Å². The molecule has 2 amide bonds. The van der Waals surface area contributed by atoms with Gasteiger partial charge in [0, 0.05) is 4.88 Å². The molecule has 3 N–H and O–H groups in total. The highest BCUT2D eigenvalue weighted by atomic mass is 32.1. The lowest BCUT2D eigenvalue weighted by atomic mass is 9.95. The number of hydrogen-bond acceptors (Lipinski definition) is 6. The number of aryl methyl sites for hydroxylation is 1. The Kier molecular flexibility index (Phi) is 5.06. The Balaban J connectivity index is 1.41. The summed E-state index contributed by atoms with van der Waals surface area (Å²) in [6.45, 7) is -0.237. The second-order valence-electron chi connectivity index (χ2n) is 7.63. The summed E-state index contributed by atoms with van der Waals surface area (Å²) in [7, 11) is 0. The largest absolute Gasteiger partial charge is 0.365 e. The van der Waals surface area contributed by atoms with Crippen LogP contribution in [0.5, 0.6) is 0 Å². The molecule has 0 fully saturated rings. The predicted molar refractivity (Wildman–Crippen MR) is 121 cm³/mol. The van der Waals surface area contributed by atoms with Crippen molar-refractivity contribution in [1.29, 1.82) is 0 Å². The number of nitrogens with zero attached hydrogens (tertiary/aromatic N) is 4. The zero-order chi connectivity index (χ0) is 22.2. The van der Waals surface area contributed by atoms with E-state index in [1.54, 1.807) is 4.68 Å². The maximum atomic E-state index is 12.9. The summed E-state index contributed by atoms with van der Waals surface area (Å²) in [5.41, 5.74) is 7.76. The summed E-state index contributed by atoms with van der Waals surface area (Å²) in [6, 6.07) is 9.37. The Morgan fingerprint density at radius 3 is 2.72 bits per heavy atom. The molecule has 4 aromatic rings. The zero-order valence-corrected chi connectivity index (χ0v) is 17.9. The van der Waals surface area contributed by atoms with Crippen LogP contribution in [-0.4, -0.2) is 31.1 Å². The molecule has 0 saturated heterocycles. The molecule has 1 aliphatic carbocycles. The third kappa shape index (κ3) is 3.48. The van der Waals surface area contributed by atoms with Crippen molar-refractivity contribution in [3.63, 3.8) is 0 Å². The van der Waals surface area contributed by atoms with Gasteiger partial charge in [-0.15, -0.1) is 11.3 Å². The maximum Gasteiger partial charge on any atom is 0.264 e. The lowest BCUT2D eigenvalue weighted by Crippen LogP contribution is -2.28. The first-order chi connectivity index (χ1) is 15.5. The van der Waals surface area contributed by atoms with Gasteiger partial charge in [-0.05, 0) is 43.4 Å². The van der Waals surface area contributed by atoms with Crippen LogP contribution in [-0.2, 0) is 24.2 Å². The van der Waals surface area contributed by atoms with Gasteiger partial charge in [0.05, 0.1) is 17.4 Å². The van der Waals surface area contributed by atoms with Crippen LogP contribution in [0.25, 0.3) is 16.7 Å². The quantitative estimate of drug-likeness (QED) is 0.484. The van der Waals surface area contributed by atoms with Crippen LogP contribution in [0.2, 0.25) is 0 Å². The number of nitrogens with one attached hydrogen (secondary N) is 1. The van der Waals surface area contributed by atoms with Crippen molar-refractivity contribution in [3.05, 3.63) is 69.2 Å². The first kappa shape index (κ1) is 20.1. The third-order valence-corrected chi connectivity index (χ3v) is 6.75. The molecule has 0 spiro atoms. The number of primary amides is 1. The molecular formula is C22H20N6O3S. The number of hydrogen-bond donors (Lipinski definition) is 2. The molecule has 5 rings (SSSR count). The summed E-state index contributed by atoms with van der Waals surface area (Å²) in [4.78, 5) is 43.1. The molecule has 1 aromatic carbocycles. The SMILES string of the molecule is NC(=O)c1c(NC(=O)Cn2cnc3c(cnn3-c3ccccc3)c2=O)sc2c1CCCC2. The molecule has 0 atom stereocenters. The monoisotopic (exact) mass is 448 g/mol. The molecule has 0 bridgehead atoms. The number of benzene rings is 1. The maximum absolute atomic E-state index is 12.9. The van der Waals surface area contributed by atoms with Gasteiger partial charge in [-0.25, -0.2) is 9.67 Å². The molecule has 0 radical (unpaired) electrons. The van der Waals surface area contributed by atoms with Crippen LogP contribution in [0.4, 0.5) is 5.00 Å². The van der Waals surface area contributed by atoms with Crippen molar-refractivity contribution in [3.8, 4) is 5.69 Å². The van der Waals surface area contributed by atoms with E-state index in [4.69, 9.17) is 5.73 Å².